The summed E-state index contributed by atoms with van der Waals surface area (Å²) in [5, 5.41) is 0. The van der Waals surface area contributed by atoms with E-state index < -0.39 is 0 Å². The Morgan fingerprint density at radius 3 is 2.71 bits per heavy atom. The van der Waals surface area contributed by atoms with Crippen molar-refractivity contribution in [2.24, 2.45) is 0 Å². The van der Waals surface area contributed by atoms with Gasteiger partial charge in [0.05, 0.1) is 0 Å². The standard InChI is InChI=1S/C15H18O2/c1-10(11(2)16)8-12-6-5-7-13-9-15(3,4)17-14(12)13/h5-8H,9H2,1-4H3/b10-8+. The molecule has 0 N–H and O–H groups in total. The summed E-state index contributed by atoms with van der Waals surface area (Å²) in [5.41, 5.74) is 2.84. The molecule has 1 aliphatic rings. The molecule has 0 spiro atoms. The minimum atomic E-state index is -0.142. The van der Waals surface area contributed by atoms with Crippen molar-refractivity contribution in [3.63, 3.8) is 0 Å². The molecule has 2 nitrogen and oxygen atoms in total. The lowest BCUT2D eigenvalue weighted by molar-refractivity contribution is -0.113. The summed E-state index contributed by atoms with van der Waals surface area (Å²) in [4.78, 5) is 11.3. The van der Waals surface area contributed by atoms with E-state index in [2.05, 4.69) is 19.9 Å². The fraction of sp³-hybridized carbons (Fsp3) is 0.400. The number of hydrogen-bond acceptors (Lipinski definition) is 2. The molecule has 0 radical (unpaired) electrons. The molecule has 0 saturated heterocycles. The normalized spacial score (nSPS) is 17.5. The maximum absolute atomic E-state index is 11.3. The van der Waals surface area contributed by atoms with Crippen LogP contribution < -0.4 is 4.74 Å². The number of carbonyl (C=O) groups is 1. The van der Waals surface area contributed by atoms with E-state index in [9.17, 15) is 4.79 Å². The minimum absolute atomic E-state index is 0.0971. The Morgan fingerprint density at radius 2 is 2.06 bits per heavy atom. The van der Waals surface area contributed by atoms with Gasteiger partial charge in [0, 0.05) is 12.0 Å². The van der Waals surface area contributed by atoms with Crippen LogP contribution in [0.25, 0.3) is 6.08 Å². The van der Waals surface area contributed by atoms with Crippen LogP contribution in [0.15, 0.2) is 23.8 Å². The van der Waals surface area contributed by atoms with Crippen molar-refractivity contribution in [2.45, 2.75) is 39.7 Å². The predicted molar refractivity (Wildman–Crippen MR) is 69.2 cm³/mol. The molecule has 0 atom stereocenters. The fourth-order valence-corrected chi connectivity index (χ4v) is 2.09. The Morgan fingerprint density at radius 1 is 1.35 bits per heavy atom. The highest BCUT2D eigenvalue weighted by molar-refractivity contribution is 5.97. The van der Waals surface area contributed by atoms with Crippen LogP contribution in [-0.2, 0) is 11.2 Å². The number of para-hydroxylation sites is 1. The zero-order valence-electron chi connectivity index (χ0n) is 10.8. The van der Waals surface area contributed by atoms with Crippen LogP contribution in [0.1, 0.15) is 38.8 Å². The van der Waals surface area contributed by atoms with Crippen LogP contribution in [0.4, 0.5) is 0 Å². The third-order valence-electron chi connectivity index (χ3n) is 3.05. The maximum atomic E-state index is 11.3. The molecule has 1 aromatic rings. The van der Waals surface area contributed by atoms with E-state index in [1.54, 1.807) is 6.92 Å². The zero-order valence-corrected chi connectivity index (χ0v) is 10.8. The molecular weight excluding hydrogens is 212 g/mol. The van der Waals surface area contributed by atoms with E-state index in [-0.39, 0.29) is 11.4 Å². The number of ketones is 1. The average Bonchev–Trinajstić information content (AvgIpc) is 2.53. The quantitative estimate of drug-likeness (QED) is 0.728. The molecular formula is C15H18O2. The molecule has 0 aliphatic carbocycles. The monoisotopic (exact) mass is 230 g/mol. The molecule has 0 unspecified atom stereocenters. The number of rotatable bonds is 2. The van der Waals surface area contributed by atoms with Crippen LogP contribution in [0.5, 0.6) is 5.75 Å². The van der Waals surface area contributed by atoms with Gasteiger partial charge in [-0.3, -0.25) is 4.79 Å². The maximum Gasteiger partial charge on any atom is 0.155 e. The number of fused-ring (bicyclic) bond motifs is 1. The molecule has 0 aromatic heterocycles. The van der Waals surface area contributed by atoms with Crippen molar-refractivity contribution in [2.75, 3.05) is 0 Å². The molecule has 17 heavy (non-hydrogen) atoms. The highest BCUT2D eigenvalue weighted by atomic mass is 16.5. The summed E-state index contributed by atoms with van der Waals surface area (Å²) < 4.78 is 5.95. The highest BCUT2D eigenvalue weighted by Crippen LogP contribution is 2.38. The van der Waals surface area contributed by atoms with E-state index in [1.165, 1.54) is 5.56 Å². The molecule has 90 valence electrons. The van der Waals surface area contributed by atoms with Crippen LogP contribution >= 0.6 is 0 Å². The van der Waals surface area contributed by atoms with Gasteiger partial charge in [-0.15, -0.1) is 0 Å². The molecule has 1 heterocycles. The molecule has 0 saturated carbocycles. The largest absolute Gasteiger partial charge is 0.487 e. The molecule has 0 bridgehead atoms. The van der Waals surface area contributed by atoms with Gasteiger partial charge in [-0.25, -0.2) is 0 Å². The van der Waals surface area contributed by atoms with Gasteiger partial charge in [0.1, 0.15) is 11.4 Å². The summed E-state index contributed by atoms with van der Waals surface area (Å²) in [5.74, 6) is 1.03. The first kappa shape index (κ1) is 11.9. The van der Waals surface area contributed by atoms with Crippen molar-refractivity contribution >= 4 is 11.9 Å². The molecule has 2 rings (SSSR count). The fourth-order valence-electron chi connectivity index (χ4n) is 2.09. The highest BCUT2D eigenvalue weighted by Gasteiger charge is 2.31. The topological polar surface area (TPSA) is 26.3 Å². The first-order valence-corrected chi connectivity index (χ1v) is 5.89. The first-order valence-electron chi connectivity index (χ1n) is 5.89. The zero-order chi connectivity index (χ0) is 12.6. The van der Waals surface area contributed by atoms with Gasteiger partial charge < -0.3 is 4.74 Å². The number of benzene rings is 1. The number of Topliss-reactive ketones (excluding diaryl/α,β-unsaturated/α-hetero) is 1. The SMILES string of the molecule is CC(=O)/C(C)=C/c1cccc2c1OC(C)(C)C2. The van der Waals surface area contributed by atoms with Crippen molar-refractivity contribution in [3.05, 3.63) is 34.9 Å². The van der Waals surface area contributed by atoms with Gasteiger partial charge >= 0.3 is 0 Å². The number of carbonyl (C=O) groups excluding carboxylic acids is 1. The third-order valence-corrected chi connectivity index (χ3v) is 3.05. The van der Waals surface area contributed by atoms with Crippen molar-refractivity contribution in [1.29, 1.82) is 0 Å². The summed E-state index contributed by atoms with van der Waals surface area (Å²) in [6.45, 7) is 7.58. The van der Waals surface area contributed by atoms with E-state index in [0.29, 0.717) is 0 Å². The van der Waals surface area contributed by atoms with Crippen LogP contribution in [0.2, 0.25) is 0 Å². The van der Waals surface area contributed by atoms with Gasteiger partial charge in [0.25, 0.3) is 0 Å². The first-order chi connectivity index (χ1) is 7.89. The Bertz CT molecular complexity index is 496. The van der Waals surface area contributed by atoms with Gasteiger partial charge in [-0.2, -0.15) is 0 Å². The summed E-state index contributed by atoms with van der Waals surface area (Å²) in [7, 11) is 0. The lowest BCUT2D eigenvalue weighted by atomic mass is 10.00. The second-order valence-corrected chi connectivity index (χ2v) is 5.26. The lowest BCUT2D eigenvalue weighted by Gasteiger charge is -2.17. The lowest BCUT2D eigenvalue weighted by Crippen LogP contribution is -2.24. The van der Waals surface area contributed by atoms with E-state index in [0.717, 1.165) is 23.3 Å². The Kier molecular flexibility index (Phi) is 2.82. The number of allylic oxidation sites excluding steroid dienone is 1. The van der Waals surface area contributed by atoms with Crippen molar-refractivity contribution in [3.8, 4) is 5.75 Å². The second-order valence-electron chi connectivity index (χ2n) is 5.26. The average molecular weight is 230 g/mol. The van der Waals surface area contributed by atoms with E-state index in [1.807, 2.05) is 25.1 Å². The predicted octanol–water partition coefficient (Wildman–Crippen LogP) is 3.39. The summed E-state index contributed by atoms with van der Waals surface area (Å²) >= 11 is 0. The van der Waals surface area contributed by atoms with Gasteiger partial charge in [-0.05, 0) is 44.9 Å². The Hall–Kier alpha value is -1.57. The second kappa shape index (κ2) is 4.02. The molecule has 0 fully saturated rings. The molecule has 2 heteroatoms. The summed E-state index contributed by atoms with van der Waals surface area (Å²) in [6.07, 6.45) is 2.83. The third kappa shape index (κ3) is 2.41. The number of hydrogen-bond donors (Lipinski definition) is 0. The molecule has 1 aliphatic heterocycles. The van der Waals surface area contributed by atoms with Crippen LogP contribution in [0.3, 0.4) is 0 Å². The Labute approximate surface area is 102 Å². The van der Waals surface area contributed by atoms with Gasteiger partial charge in [-0.1, -0.05) is 18.2 Å². The van der Waals surface area contributed by atoms with E-state index >= 15 is 0 Å². The van der Waals surface area contributed by atoms with E-state index in [4.69, 9.17) is 4.74 Å². The van der Waals surface area contributed by atoms with Crippen molar-refractivity contribution in [1.82, 2.24) is 0 Å². The van der Waals surface area contributed by atoms with Gasteiger partial charge in [0.15, 0.2) is 5.78 Å². The Balaban J connectivity index is 2.43. The minimum Gasteiger partial charge on any atom is -0.487 e. The van der Waals surface area contributed by atoms with Gasteiger partial charge in [0.2, 0.25) is 0 Å². The molecule has 0 amide bonds. The molecule has 1 aromatic carbocycles. The smallest absolute Gasteiger partial charge is 0.155 e. The van der Waals surface area contributed by atoms with Crippen LogP contribution in [-0.4, -0.2) is 11.4 Å². The number of ether oxygens (including phenoxy) is 1. The summed E-state index contributed by atoms with van der Waals surface area (Å²) in [6, 6.07) is 6.10. The van der Waals surface area contributed by atoms with Crippen molar-refractivity contribution < 1.29 is 9.53 Å². The van der Waals surface area contributed by atoms with Crippen LogP contribution in [0, 0.1) is 0 Å².